The van der Waals surface area contributed by atoms with E-state index >= 15 is 0 Å². The molecular weight excluding hydrogens is 300 g/mol. The minimum absolute atomic E-state index is 0. The second-order valence-corrected chi connectivity index (χ2v) is 4.78. The molecule has 2 heterocycles. The predicted octanol–water partition coefficient (Wildman–Crippen LogP) is -0.637. The number of hydrogen-bond donors (Lipinski definition) is 0. The lowest BCUT2D eigenvalue weighted by molar-refractivity contribution is -0.713. The monoisotopic (exact) mass is 321 g/mol. The number of aryl methyl sites for hydroxylation is 4. The summed E-state index contributed by atoms with van der Waals surface area (Å²) in [4.78, 5) is 0. The van der Waals surface area contributed by atoms with Crippen molar-refractivity contribution in [3.8, 4) is 0 Å². The summed E-state index contributed by atoms with van der Waals surface area (Å²) >= 11 is 0. The fourth-order valence-electron chi connectivity index (χ4n) is 2.19. The summed E-state index contributed by atoms with van der Waals surface area (Å²) in [5, 5.41) is 0. The maximum Gasteiger partial charge on any atom is 0.178 e. The Balaban J connectivity index is 0.00000180. The van der Waals surface area contributed by atoms with Gasteiger partial charge in [-0.05, 0) is 0 Å². The fourth-order valence-corrected chi connectivity index (χ4v) is 2.19. The highest BCUT2D eigenvalue weighted by Crippen LogP contribution is 1.95. The average Bonchev–Trinajstić information content (AvgIpc) is 2.38. The van der Waals surface area contributed by atoms with Gasteiger partial charge in [-0.15, -0.1) is 0 Å². The molecule has 102 valence electrons. The Bertz CT molecular complexity index is 464. The number of nitrogens with zero attached hydrogens (tertiary/aromatic N) is 2. The first kappa shape index (κ1) is 15.8. The molecule has 0 aliphatic heterocycles. The number of unbranched alkanes of at least 4 members (excludes halogenated alkanes) is 1. The molecule has 0 radical (unpaired) electrons. The normalized spacial score (nSPS) is 10.0. The zero-order chi connectivity index (χ0) is 12.8. The van der Waals surface area contributed by atoms with E-state index in [-0.39, 0.29) is 17.0 Å². The average molecular weight is 322 g/mol. The highest BCUT2D eigenvalue weighted by atomic mass is 79.9. The van der Waals surface area contributed by atoms with E-state index in [2.05, 4.69) is 71.8 Å². The molecule has 0 amide bonds. The van der Waals surface area contributed by atoms with Crippen LogP contribution in [0.1, 0.15) is 24.2 Å². The SMILES string of the molecule is Cc1cccc[n+]1CCCC[n+]1ccccc1C.[Br-]. The van der Waals surface area contributed by atoms with Crippen LogP contribution in [-0.2, 0) is 13.1 Å². The van der Waals surface area contributed by atoms with Crippen LogP contribution in [0.25, 0.3) is 0 Å². The van der Waals surface area contributed by atoms with E-state index in [1.54, 1.807) is 0 Å². The smallest absolute Gasteiger partial charge is 0.178 e. The minimum Gasteiger partial charge on any atom is -1.00 e. The van der Waals surface area contributed by atoms with Gasteiger partial charge in [0.1, 0.15) is 13.1 Å². The molecule has 0 aromatic carbocycles. The molecule has 2 rings (SSSR count). The van der Waals surface area contributed by atoms with Gasteiger partial charge in [0.15, 0.2) is 23.8 Å². The summed E-state index contributed by atoms with van der Waals surface area (Å²) in [6.07, 6.45) is 6.76. The Hall–Kier alpha value is -1.22. The Kier molecular flexibility index (Phi) is 6.71. The number of aromatic nitrogens is 2. The van der Waals surface area contributed by atoms with Crippen molar-refractivity contribution in [2.24, 2.45) is 0 Å². The van der Waals surface area contributed by atoms with Gasteiger partial charge < -0.3 is 17.0 Å². The molecule has 0 bridgehead atoms. The summed E-state index contributed by atoms with van der Waals surface area (Å²) in [5.41, 5.74) is 2.67. The van der Waals surface area contributed by atoms with Crippen molar-refractivity contribution in [3.05, 3.63) is 60.2 Å². The lowest BCUT2D eigenvalue weighted by atomic mass is 10.2. The summed E-state index contributed by atoms with van der Waals surface area (Å²) in [7, 11) is 0. The van der Waals surface area contributed by atoms with Crippen molar-refractivity contribution in [1.82, 2.24) is 0 Å². The van der Waals surface area contributed by atoms with Crippen molar-refractivity contribution in [2.45, 2.75) is 39.8 Å². The zero-order valence-corrected chi connectivity index (χ0v) is 13.3. The summed E-state index contributed by atoms with van der Waals surface area (Å²) in [5.74, 6) is 0. The third-order valence-corrected chi connectivity index (χ3v) is 3.38. The summed E-state index contributed by atoms with van der Waals surface area (Å²) < 4.78 is 4.64. The van der Waals surface area contributed by atoms with Gasteiger partial charge in [-0.1, -0.05) is 12.1 Å². The van der Waals surface area contributed by atoms with Crippen LogP contribution >= 0.6 is 0 Å². The van der Waals surface area contributed by atoms with Crippen LogP contribution in [0.15, 0.2) is 48.8 Å². The minimum atomic E-state index is 0. The molecule has 2 aromatic heterocycles. The molecule has 2 nitrogen and oxygen atoms in total. The molecule has 0 unspecified atom stereocenters. The van der Waals surface area contributed by atoms with E-state index in [0.717, 1.165) is 13.1 Å². The molecular formula is C16H22BrN2+. The van der Waals surface area contributed by atoms with Gasteiger partial charge >= 0.3 is 0 Å². The number of pyridine rings is 2. The second-order valence-electron chi connectivity index (χ2n) is 4.78. The topological polar surface area (TPSA) is 7.76 Å². The lowest BCUT2D eigenvalue weighted by Crippen LogP contribution is -3.00. The molecule has 3 heteroatoms. The van der Waals surface area contributed by atoms with Crippen LogP contribution in [0.5, 0.6) is 0 Å². The molecule has 2 aromatic rings. The van der Waals surface area contributed by atoms with Gasteiger partial charge in [0.05, 0.1) is 0 Å². The molecule has 0 spiro atoms. The third kappa shape index (κ3) is 4.75. The van der Waals surface area contributed by atoms with E-state index in [1.165, 1.54) is 24.2 Å². The van der Waals surface area contributed by atoms with Gasteiger partial charge in [0, 0.05) is 51.0 Å². The molecule has 0 fully saturated rings. The van der Waals surface area contributed by atoms with Gasteiger partial charge in [-0.25, -0.2) is 9.13 Å². The first-order chi connectivity index (χ1) is 8.77. The standard InChI is InChI=1S/C16H22N2.BrH/c1-15-9-3-5-11-17(15)13-7-8-14-18-12-6-4-10-16(18)2;/h3-6,9-12H,7-8,13-14H2,1-2H3;1H/q+2;/p-1. The first-order valence-corrected chi connectivity index (χ1v) is 6.67. The van der Waals surface area contributed by atoms with E-state index in [9.17, 15) is 0 Å². The Labute approximate surface area is 126 Å². The van der Waals surface area contributed by atoms with E-state index in [0.29, 0.717) is 0 Å². The zero-order valence-electron chi connectivity index (χ0n) is 11.7. The first-order valence-electron chi connectivity index (χ1n) is 6.67. The van der Waals surface area contributed by atoms with Crippen LogP contribution in [0.4, 0.5) is 0 Å². The van der Waals surface area contributed by atoms with Crippen LogP contribution in [0.3, 0.4) is 0 Å². The number of halogens is 1. The largest absolute Gasteiger partial charge is 1.00 e. The Morgan fingerprint density at radius 3 is 1.53 bits per heavy atom. The maximum atomic E-state index is 2.32. The second kappa shape index (κ2) is 8.05. The quantitative estimate of drug-likeness (QED) is 0.511. The Morgan fingerprint density at radius 2 is 1.16 bits per heavy atom. The molecule has 0 aliphatic rings. The van der Waals surface area contributed by atoms with Crippen LogP contribution in [0.2, 0.25) is 0 Å². The maximum absolute atomic E-state index is 2.32. The van der Waals surface area contributed by atoms with Crippen LogP contribution < -0.4 is 26.1 Å². The van der Waals surface area contributed by atoms with Crippen LogP contribution in [-0.4, -0.2) is 0 Å². The molecule has 0 aliphatic carbocycles. The van der Waals surface area contributed by atoms with Gasteiger partial charge in [-0.2, -0.15) is 0 Å². The van der Waals surface area contributed by atoms with Gasteiger partial charge in [0.25, 0.3) is 0 Å². The van der Waals surface area contributed by atoms with E-state index in [1.807, 2.05) is 0 Å². The van der Waals surface area contributed by atoms with Crippen LogP contribution in [0, 0.1) is 13.8 Å². The predicted molar refractivity (Wildman–Crippen MR) is 72.0 cm³/mol. The molecule has 19 heavy (non-hydrogen) atoms. The van der Waals surface area contributed by atoms with Gasteiger partial charge in [0.2, 0.25) is 0 Å². The van der Waals surface area contributed by atoms with E-state index in [4.69, 9.17) is 0 Å². The van der Waals surface area contributed by atoms with Gasteiger partial charge in [-0.3, -0.25) is 0 Å². The lowest BCUT2D eigenvalue weighted by Gasteiger charge is -2.01. The molecule has 0 saturated carbocycles. The van der Waals surface area contributed by atoms with Crippen molar-refractivity contribution >= 4 is 0 Å². The summed E-state index contributed by atoms with van der Waals surface area (Å²) in [6, 6.07) is 12.7. The highest BCUT2D eigenvalue weighted by molar-refractivity contribution is 4.94. The molecule has 0 N–H and O–H groups in total. The van der Waals surface area contributed by atoms with E-state index < -0.39 is 0 Å². The molecule has 0 saturated heterocycles. The van der Waals surface area contributed by atoms with Crippen molar-refractivity contribution in [1.29, 1.82) is 0 Å². The summed E-state index contributed by atoms with van der Waals surface area (Å²) in [6.45, 7) is 6.55. The Morgan fingerprint density at radius 1 is 0.737 bits per heavy atom. The number of rotatable bonds is 5. The third-order valence-electron chi connectivity index (χ3n) is 3.38. The fraction of sp³-hybridized carbons (Fsp3) is 0.375. The molecule has 0 atom stereocenters. The number of hydrogen-bond acceptors (Lipinski definition) is 0. The van der Waals surface area contributed by atoms with Crippen molar-refractivity contribution < 1.29 is 26.1 Å². The van der Waals surface area contributed by atoms with Crippen molar-refractivity contribution in [3.63, 3.8) is 0 Å². The van der Waals surface area contributed by atoms with Crippen molar-refractivity contribution in [2.75, 3.05) is 0 Å². The highest BCUT2D eigenvalue weighted by Gasteiger charge is 2.07.